The van der Waals surface area contributed by atoms with Crippen molar-refractivity contribution in [3.8, 4) is 11.5 Å². The zero-order chi connectivity index (χ0) is 15.5. The Bertz CT molecular complexity index is 804. The highest BCUT2D eigenvalue weighted by atomic mass is 16.5. The van der Waals surface area contributed by atoms with Crippen LogP contribution < -0.4 is 14.8 Å². The molecule has 3 rings (SSSR count). The number of fused-ring (bicyclic) bond motifs is 1. The van der Waals surface area contributed by atoms with Crippen molar-refractivity contribution in [3.63, 3.8) is 0 Å². The minimum absolute atomic E-state index is 0.256. The van der Waals surface area contributed by atoms with Crippen LogP contribution >= 0.6 is 0 Å². The van der Waals surface area contributed by atoms with Gasteiger partial charge in [-0.1, -0.05) is 0 Å². The van der Waals surface area contributed by atoms with Crippen LogP contribution in [-0.4, -0.2) is 29.5 Å². The summed E-state index contributed by atoms with van der Waals surface area (Å²) in [7, 11) is 3.09. The fraction of sp³-hybridized carbons (Fsp3) is 0.125. The van der Waals surface area contributed by atoms with Crippen LogP contribution in [0.3, 0.4) is 0 Å². The second-order valence-corrected chi connectivity index (χ2v) is 4.64. The molecule has 6 nitrogen and oxygen atoms in total. The van der Waals surface area contributed by atoms with Crippen molar-refractivity contribution in [2.24, 2.45) is 0 Å². The van der Waals surface area contributed by atoms with Gasteiger partial charge in [-0.25, -0.2) is 4.98 Å². The molecule has 112 valence electrons. The van der Waals surface area contributed by atoms with Gasteiger partial charge in [-0.15, -0.1) is 0 Å². The first kappa shape index (κ1) is 13.9. The molecular formula is C16H15N3O3. The summed E-state index contributed by atoms with van der Waals surface area (Å²) in [5, 5.41) is 2.86. The van der Waals surface area contributed by atoms with E-state index < -0.39 is 0 Å². The van der Waals surface area contributed by atoms with Gasteiger partial charge in [0.2, 0.25) is 0 Å². The lowest BCUT2D eigenvalue weighted by molar-refractivity contribution is 0.102. The maximum absolute atomic E-state index is 12.5. The molecule has 0 saturated heterocycles. The molecule has 0 aliphatic rings. The molecule has 1 aromatic carbocycles. The molecule has 0 spiro atoms. The summed E-state index contributed by atoms with van der Waals surface area (Å²) in [6, 6.07) is 8.67. The molecule has 1 N–H and O–H groups in total. The molecule has 6 heteroatoms. The zero-order valence-electron chi connectivity index (χ0n) is 12.2. The maximum Gasteiger partial charge on any atom is 0.256 e. The lowest BCUT2D eigenvalue weighted by Crippen LogP contribution is -2.13. The van der Waals surface area contributed by atoms with E-state index in [4.69, 9.17) is 9.47 Å². The Morgan fingerprint density at radius 3 is 2.55 bits per heavy atom. The van der Waals surface area contributed by atoms with E-state index in [0.717, 1.165) is 0 Å². The van der Waals surface area contributed by atoms with Crippen molar-refractivity contribution in [2.45, 2.75) is 0 Å². The smallest absolute Gasteiger partial charge is 0.256 e. The summed E-state index contributed by atoms with van der Waals surface area (Å²) in [5.41, 5.74) is 1.77. The van der Waals surface area contributed by atoms with Gasteiger partial charge in [0.15, 0.2) is 5.65 Å². The second-order valence-electron chi connectivity index (χ2n) is 4.64. The van der Waals surface area contributed by atoms with Crippen molar-refractivity contribution in [3.05, 3.63) is 54.5 Å². The number of aromatic nitrogens is 2. The number of hydrogen-bond acceptors (Lipinski definition) is 4. The van der Waals surface area contributed by atoms with Crippen molar-refractivity contribution in [1.82, 2.24) is 9.38 Å². The molecule has 0 unspecified atom stereocenters. The molecule has 3 aromatic rings. The minimum Gasteiger partial charge on any atom is -0.497 e. The zero-order valence-corrected chi connectivity index (χ0v) is 12.2. The van der Waals surface area contributed by atoms with Gasteiger partial charge in [-0.2, -0.15) is 0 Å². The van der Waals surface area contributed by atoms with Crippen molar-refractivity contribution >= 4 is 17.2 Å². The third-order valence-corrected chi connectivity index (χ3v) is 3.28. The van der Waals surface area contributed by atoms with E-state index in [0.29, 0.717) is 28.4 Å². The summed E-state index contributed by atoms with van der Waals surface area (Å²) >= 11 is 0. The predicted molar refractivity (Wildman–Crippen MR) is 82.7 cm³/mol. The first-order chi connectivity index (χ1) is 10.7. The molecule has 0 aliphatic carbocycles. The first-order valence-electron chi connectivity index (χ1n) is 6.67. The highest BCUT2D eigenvalue weighted by Gasteiger charge is 2.12. The summed E-state index contributed by atoms with van der Waals surface area (Å²) in [5.74, 6) is 0.861. The molecule has 0 atom stereocenters. The Labute approximate surface area is 127 Å². The van der Waals surface area contributed by atoms with Crippen LogP contribution in [0.2, 0.25) is 0 Å². The number of carbonyl (C=O) groups excluding carboxylic acids is 1. The van der Waals surface area contributed by atoms with E-state index >= 15 is 0 Å². The quantitative estimate of drug-likeness (QED) is 0.804. The molecular weight excluding hydrogens is 282 g/mol. The van der Waals surface area contributed by atoms with E-state index in [-0.39, 0.29) is 5.91 Å². The number of nitrogens with one attached hydrogen (secondary N) is 1. The highest BCUT2D eigenvalue weighted by Crippen LogP contribution is 2.23. The molecule has 0 radical (unpaired) electrons. The average Bonchev–Trinajstić information content (AvgIpc) is 3.04. The second kappa shape index (κ2) is 5.77. The van der Waals surface area contributed by atoms with E-state index in [1.807, 2.05) is 22.9 Å². The highest BCUT2D eigenvalue weighted by molar-refractivity contribution is 6.06. The molecule has 2 heterocycles. The van der Waals surface area contributed by atoms with Gasteiger partial charge in [0.05, 0.1) is 19.9 Å². The monoisotopic (exact) mass is 297 g/mol. The van der Waals surface area contributed by atoms with Crippen molar-refractivity contribution in [2.75, 3.05) is 19.5 Å². The fourth-order valence-corrected chi connectivity index (χ4v) is 2.18. The van der Waals surface area contributed by atoms with Crippen LogP contribution in [0.4, 0.5) is 5.69 Å². The third kappa shape index (κ3) is 2.58. The predicted octanol–water partition coefficient (Wildman–Crippen LogP) is 2.60. The van der Waals surface area contributed by atoms with E-state index in [2.05, 4.69) is 10.3 Å². The van der Waals surface area contributed by atoms with E-state index in [9.17, 15) is 4.79 Å². The third-order valence-electron chi connectivity index (χ3n) is 3.28. The fourth-order valence-electron chi connectivity index (χ4n) is 2.18. The van der Waals surface area contributed by atoms with Crippen molar-refractivity contribution < 1.29 is 14.3 Å². The molecule has 0 fully saturated rings. The molecule has 0 saturated carbocycles. The first-order valence-corrected chi connectivity index (χ1v) is 6.67. The Morgan fingerprint density at radius 2 is 1.86 bits per heavy atom. The van der Waals surface area contributed by atoms with Gasteiger partial charge in [0, 0.05) is 30.2 Å². The summed E-state index contributed by atoms with van der Waals surface area (Å²) in [6.07, 6.45) is 5.37. The van der Waals surface area contributed by atoms with Crippen LogP contribution in [0, 0.1) is 0 Å². The largest absolute Gasteiger partial charge is 0.497 e. The lowest BCUT2D eigenvalue weighted by atomic mass is 10.2. The summed E-state index contributed by atoms with van der Waals surface area (Å²) < 4.78 is 12.2. The van der Waals surface area contributed by atoms with Gasteiger partial charge in [0.25, 0.3) is 5.91 Å². The van der Waals surface area contributed by atoms with Crippen LogP contribution in [0.5, 0.6) is 11.5 Å². The van der Waals surface area contributed by atoms with Gasteiger partial charge < -0.3 is 19.2 Å². The Balaban J connectivity index is 1.93. The number of amides is 1. The maximum atomic E-state index is 12.5. The Kier molecular flexibility index (Phi) is 3.65. The van der Waals surface area contributed by atoms with Crippen LogP contribution in [-0.2, 0) is 0 Å². The number of carbonyl (C=O) groups is 1. The summed E-state index contributed by atoms with van der Waals surface area (Å²) in [4.78, 5) is 16.7. The number of nitrogens with zero attached hydrogens (tertiary/aromatic N) is 2. The number of hydrogen-bond donors (Lipinski definition) is 1. The van der Waals surface area contributed by atoms with Gasteiger partial charge in [0.1, 0.15) is 11.5 Å². The number of anilines is 1. The van der Waals surface area contributed by atoms with Gasteiger partial charge in [-0.3, -0.25) is 4.79 Å². The number of pyridine rings is 1. The topological polar surface area (TPSA) is 64.9 Å². The number of benzene rings is 1. The molecule has 22 heavy (non-hydrogen) atoms. The van der Waals surface area contributed by atoms with E-state index in [1.165, 1.54) is 0 Å². The van der Waals surface area contributed by atoms with Gasteiger partial charge >= 0.3 is 0 Å². The average molecular weight is 297 g/mol. The lowest BCUT2D eigenvalue weighted by Gasteiger charge is -2.10. The number of imidazole rings is 1. The standard InChI is InChI=1S/C16H15N3O3/c1-21-12-8-11(9-13(10-12)22-2)16(20)18-14-4-3-6-19-7-5-17-15(14)19/h3-10H,1-2H3,(H,18,20). The number of rotatable bonds is 4. The molecule has 0 bridgehead atoms. The van der Waals surface area contributed by atoms with Crippen LogP contribution in [0.25, 0.3) is 5.65 Å². The molecule has 1 amide bonds. The minimum atomic E-state index is -0.256. The number of methoxy groups -OCH3 is 2. The summed E-state index contributed by atoms with van der Waals surface area (Å²) in [6.45, 7) is 0. The van der Waals surface area contributed by atoms with Crippen LogP contribution in [0.15, 0.2) is 48.9 Å². The van der Waals surface area contributed by atoms with Crippen LogP contribution in [0.1, 0.15) is 10.4 Å². The SMILES string of the molecule is COc1cc(OC)cc(C(=O)Nc2cccn3ccnc23)c1. The Hall–Kier alpha value is -3.02. The Morgan fingerprint density at radius 1 is 1.14 bits per heavy atom. The normalized spacial score (nSPS) is 10.5. The van der Waals surface area contributed by atoms with E-state index in [1.54, 1.807) is 44.7 Å². The molecule has 0 aliphatic heterocycles. The molecule has 2 aromatic heterocycles. The number of ether oxygens (including phenoxy) is 2. The van der Waals surface area contributed by atoms with Gasteiger partial charge in [-0.05, 0) is 24.3 Å². The van der Waals surface area contributed by atoms with Crippen molar-refractivity contribution in [1.29, 1.82) is 0 Å².